The van der Waals surface area contributed by atoms with Gasteiger partial charge in [-0.15, -0.1) is 0 Å². The van der Waals surface area contributed by atoms with Crippen LogP contribution in [0.25, 0.3) is 0 Å². The standard InChI is InChI=1S/C56H89NO5/c1-4-7-10-13-16-19-22-25-27-28-29-31-34-37-40-43-46-49-56(61)62-52(47-44-41-38-35-32-30-26-23-20-17-14-11-8-5-2)50-55(60)57-53(51-58)54(59)48-45-42-39-36-33-24-21-18-15-12-9-6-3/h7-8,10-11,13,16-17,19-20,22,25-31,34-35,38,44,47,52-54,58-59H,4-6,9,12,14-15,18,21,23-24,32-33,36-37,39-43,45-46,48-51H2,1-3H3,(H,57,60)/b10-7-,11-8+,16-13+,20-17+,22-19+,27-25-,29-28+,30-26+,34-31+,38-35+,47-44+. The van der Waals surface area contributed by atoms with Gasteiger partial charge in [0, 0.05) is 6.42 Å². The van der Waals surface area contributed by atoms with Crippen LogP contribution in [0.3, 0.4) is 0 Å². The Hall–Kier alpha value is -4.00. The van der Waals surface area contributed by atoms with E-state index in [4.69, 9.17) is 4.74 Å². The van der Waals surface area contributed by atoms with Crippen molar-refractivity contribution in [3.05, 3.63) is 134 Å². The minimum absolute atomic E-state index is 0.0737. The van der Waals surface area contributed by atoms with E-state index in [2.05, 4.69) is 86.8 Å². The van der Waals surface area contributed by atoms with Crippen molar-refractivity contribution in [1.82, 2.24) is 5.32 Å². The molecule has 0 aliphatic heterocycles. The molecule has 6 nitrogen and oxygen atoms in total. The lowest BCUT2D eigenvalue weighted by Gasteiger charge is -2.23. The van der Waals surface area contributed by atoms with Crippen LogP contribution in [-0.4, -0.2) is 46.9 Å². The van der Waals surface area contributed by atoms with Crippen LogP contribution in [0, 0.1) is 0 Å². The van der Waals surface area contributed by atoms with E-state index in [9.17, 15) is 19.8 Å². The molecule has 0 radical (unpaired) electrons. The first-order valence-electron chi connectivity index (χ1n) is 24.5. The van der Waals surface area contributed by atoms with Gasteiger partial charge in [-0.05, 0) is 70.3 Å². The molecule has 3 N–H and O–H groups in total. The van der Waals surface area contributed by atoms with Crippen LogP contribution in [0.1, 0.15) is 181 Å². The molecule has 0 bridgehead atoms. The molecule has 0 aromatic rings. The fourth-order valence-electron chi connectivity index (χ4n) is 6.48. The highest BCUT2D eigenvalue weighted by Crippen LogP contribution is 2.15. The summed E-state index contributed by atoms with van der Waals surface area (Å²) in [4.78, 5) is 26.0. The van der Waals surface area contributed by atoms with Crippen molar-refractivity contribution in [2.75, 3.05) is 6.61 Å². The average molecular weight is 856 g/mol. The van der Waals surface area contributed by atoms with Crippen LogP contribution in [0.15, 0.2) is 134 Å². The first kappa shape index (κ1) is 58.0. The van der Waals surface area contributed by atoms with Crippen molar-refractivity contribution in [3.63, 3.8) is 0 Å². The monoisotopic (exact) mass is 856 g/mol. The van der Waals surface area contributed by atoms with Gasteiger partial charge in [0.05, 0.1) is 25.2 Å². The molecule has 0 saturated carbocycles. The van der Waals surface area contributed by atoms with E-state index in [1.165, 1.54) is 57.8 Å². The van der Waals surface area contributed by atoms with E-state index in [1.54, 1.807) is 6.08 Å². The van der Waals surface area contributed by atoms with Gasteiger partial charge in [0.1, 0.15) is 6.10 Å². The largest absolute Gasteiger partial charge is 0.458 e. The number of carbonyl (C=O) groups is 2. The Bertz CT molecular complexity index is 1370. The highest BCUT2D eigenvalue weighted by molar-refractivity contribution is 5.78. The van der Waals surface area contributed by atoms with Crippen LogP contribution in [0.2, 0.25) is 0 Å². The van der Waals surface area contributed by atoms with Crippen molar-refractivity contribution in [2.45, 2.75) is 200 Å². The van der Waals surface area contributed by atoms with Crippen LogP contribution >= 0.6 is 0 Å². The summed E-state index contributed by atoms with van der Waals surface area (Å²) in [6, 6.07) is -0.760. The third kappa shape index (κ3) is 42.7. The number of rotatable bonds is 41. The van der Waals surface area contributed by atoms with Crippen LogP contribution < -0.4 is 5.32 Å². The Kier molecular flexibility index (Phi) is 44.9. The molecule has 0 aliphatic carbocycles. The number of unbranched alkanes of at least 4 members (excludes halogenated alkanes) is 14. The average Bonchev–Trinajstić information content (AvgIpc) is 3.26. The van der Waals surface area contributed by atoms with Crippen molar-refractivity contribution in [1.29, 1.82) is 0 Å². The lowest BCUT2D eigenvalue weighted by molar-refractivity contribution is -0.148. The van der Waals surface area contributed by atoms with Gasteiger partial charge in [-0.1, -0.05) is 232 Å². The van der Waals surface area contributed by atoms with Gasteiger partial charge < -0.3 is 20.3 Å². The molecule has 62 heavy (non-hydrogen) atoms. The number of hydrogen-bond donors (Lipinski definition) is 3. The Balaban J connectivity index is 4.88. The topological polar surface area (TPSA) is 95.9 Å². The van der Waals surface area contributed by atoms with E-state index >= 15 is 0 Å². The lowest BCUT2D eigenvalue weighted by Crippen LogP contribution is -2.46. The predicted molar refractivity (Wildman–Crippen MR) is 268 cm³/mol. The SMILES string of the molecule is CC\C=C/C=C/C=C/C=C\C=C\C=C\CCCCCC(=O)OC(/C=C/C/C=C/C/C=C/C/C=C/C/C=C/CC)CC(=O)NC(CO)C(O)CCCCCCCCCCCCCC. The molecule has 0 aromatic carbocycles. The molecule has 348 valence electrons. The molecule has 1 amide bonds. The zero-order valence-electron chi connectivity index (χ0n) is 39.4. The number of aliphatic hydroxyl groups is 2. The molecule has 0 heterocycles. The number of ether oxygens (including phenoxy) is 1. The first-order valence-corrected chi connectivity index (χ1v) is 24.5. The van der Waals surface area contributed by atoms with Crippen molar-refractivity contribution in [2.24, 2.45) is 0 Å². The maximum absolute atomic E-state index is 13.1. The van der Waals surface area contributed by atoms with Gasteiger partial charge in [0.25, 0.3) is 0 Å². The minimum atomic E-state index is -0.835. The molecule has 0 rings (SSSR count). The summed E-state index contributed by atoms with van der Waals surface area (Å²) >= 11 is 0. The summed E-state index contributed by atoms with van der Waals surface area (Å²) in [5.41, 5.74) is 0. The summed E-state index contributed by atoms with van der Waals surface area (Å²) in [5.74, 6) is -0.696. The predicted octanol–water partition coefficient (Wildman–Crippen LogP) is 14.7. The van der Waals surface area contributed by atoms with Crippen molar-refractivity contribution >= 4 is 11.9 Å². The first-order chi connectivity index (χ1) is 30.5. The molecule has 6 heteroatoms. The second kappa shape index (κ2) is 48.0. The highest BCUT2D eigenvalue weighted by Gasteiger charge is 2.23. The van der Waals surface area contributed by atoms with Gasteiger partial charge in [-0.25, -0.2) is 0 Å². The molecule has 3 unspecified atom stereocenters. The number of nitrogens with one attached hydrogen (secondary N) is 1. The third-order valence-electron chi connectivity index (χ3n) is 10.1. The maximum atomic E-state index is 13.1. The number of esters is 1. The van der Waals surface area contributed by atoms with E-state index in [-0.39, 0.29) is 31.3 Å². The molecule has 0 saturated heterocycles. The second-order valence-electron chi connectivity index (χ2n) is 15.9. The molecule has 0 fully saturated rings. The Morgan fingerprint density at radius 2 is 0.968 bits per heavy atom. The quantitative estimate of drug-likeness (QED) is 0.0246. The summed E-state index contributed by atoms with van der Waals surface area (Å²) < 4.78 is 5.79. The van der Waals surface area contributed by atoms with Gasteiger partial charge in [-0.2, -0.15) is 0 Å². The summed E-state index contributed by atoms with van der Waals surface area (Å²) in [6.07, 6.45) is 68.2. The van der Waals surface area contributed by atoms with E-state index in [0.717, 1.165) is 70.6 Å². The Morgan fingerprint density at radius 1 is 0.516 bits per heavy atom. The summed E-state index contributed by atoms with van der Waals surface area (Å²) in [6.45, 7) is 6.15. The smallest absolute Gasteiger partial charge is 0.306 e. The van der Waals surface area contributed by atoms with Crippen molar-refractivity contribution in [3.8, 4) is 0 Å². The Labute approximate surface area is 380 Å². The number of carbonyl (C=O) groups excluding carboxylic acids is 2. The van der Waals surface area contributed by atoms with E-state index in [1.807, 2.05) is 66.8 Å². The van der Waals surface area contributed by atoms with E-state index in [0.29, 0.717) is 19.3 Å². The summed E-state index contributed by atoms with van der Waals surface area (Å²) in [5, 5.41) is 23.6. The van der Waals surface area contributed by atoms with Crippen molar-refractivity contribution < 1.29 is 24.5 Å². The Morgan fingerprint density at radius 3 is 1.48 bits per heavy atom. The lowest BCUT2D eigenvalue weighted by atomic mass is 10.0. The third-order valence-corrected chi connectivity index (χ3v) is 10.1. The van der Waals surface area contributed by atoms with Gasteiger partial charge in [0.15, 0.2) is 0 Å². The second-order valence-corrected chi connectivity index (χ2v) is 15.9. The maximum Gasteiger partial charge on any atom is 0.306 e. The van der Waals surface area contributed by atoms with Crippen LogP contribution in [0.4, 0.5) is 0 Å². The highest BCUT2D eigenvalue weighted by atomic mass is 16.5. The number of amides is 1. The van der Waals surface area contributed by atoms with E-state index < -0.39 is 18.2 Å². The van der Waals surface area contributed by atoms with Crippen LogP contribution in [-0.2, 0) is 14.3 Å². The zero-order chi connectivity index (χ0) is 45.2. The van der Waals surface area contributed by atoms with Gasteiger partial charge in [0.2, 0.25) is 5.91 Å². The fourth-order valence-corrected chi connectivity index (χ4v) is 6.48. The zero-order valence-corrected chi connectivity index (χ0v) is 39.4. The normalized spacial score (nSPS) is 14.5. The number of hydrogen-bond acceptors (Lipinski definition) is 5. The number of aliphatic hydroxyl groups excluding tert-OH is 2. The fraction of sp³-hybridized carbons (Fsp3) is 0.571. The number of allylic oxidation sites excluding steroid dienone is 21. The molecule has 0 aromatic heterocycles. The molecular weight excluding hydrogens is 767 g/mol. The molecule has 3 atom stereocenters. The van der Waals surface area contributed by atoms with Gasteiger partial charge >= 0.3 is 5.97 Å². The molecule has 0 aliphatic rings. The minimum Gasteiger partial charge on any atom is -0.458 e. The van der Waals surface area contributed by atoms with Crippen LogP contribution in [0.5, 0.6) is 0 Å². The molecular formula is C56H89NO5. The summed E-state index contributed by atoms with van der Waals surface area (Å²) in [7, 11) is 0. The van der Waals surface area contributed by atoms with Gasteiger partial charge in [-0.3, -0.25) is 9.59 Å². The molecule has 0 spiro atoms.